The summed E-state index contributed by atoms with van der Waals surface area (Å²) in [6, 6.07) is 10.4. The van der Waals surface area contributed by atoms with Crippen LogP contribution in [-0.4, -0.2) is 49.6 Å². The first-order valence-corrected chi connectivity index (χ1v) is 12.4. The number of benzene rings is 1. The second-order valence-corrected chi connectivity index (χ2v) is 9.96. The van der Waals surface area contributed by atoms with E-state index in [1.807, 2.05) is 42.7 Å². The van der Waals surface area contributed by atoms with Gasteiger partial charge in [0.05, 0.1) is 17.8 Å². The van der Waals surface area contributed by atoms with Gasteiger partial charge in [-0.05, 0) is 43.2 Å². The second-order valence-electron chi connectivity index (χ2n) is 9.96. The molecule has 0 bridgehead atoms. The summed E-state index contributed by atoms with van der Waals surface area (Å²) in [4.78, 5) is 22.5. The van der Waals surface area contributed by atoms with Gasteiger partial charge >= 0.3 is 0 Å². The third-order valence-electron chi connectivity index (χ3n) is 7.90. The molecule has 0 atom stereocenters. The maximum atomic E-state index is 11.5. The molecule has 1 aliphatic heterocycles. The fraction of sp³-hybridized carbons (Fsp3) is 0.286. The van der Waals surface area contributed by atoms with Gasteiger partial charge < -0.3 is 14.9 Å². The highest BCUT2D eigenvalue weighted by atomic mass is 16.3. The third kappa shape index (κ3) is 3.32. The van der Waals surface area contributed by atoms with Crippen LogP contribution >= 0.6 is 0 Å². The summed E-state index contributed by atoms with van der Waals surface area (Å²) in [6.07, 6.45) is 14.5. The molecule has 1 saturated carbocycles. The van der Waals surface area contributed by atoms with E-state index < -0.39 is 0 Å². The number of hydrogen-bond acceptors (Lipinski definition) is 7. The van der Waals surface area contributed by atoms with E-state index in [1.54, 1.807) is 12.4 Å². The van der Waals surface area contributed by atoms with Crippen molar-refractivity contribution in [3.05, 3.63) is 61.3 Å². The van der Waals surface area contributed by atoms with Crippen LogP contribution in [0.5, 0.6) is 0 Å². The van der Waals surface area contributed by atoms with Crippen LogP contribution in [0.4, 0.5) is 5.82 Å². The van der Waals surface area contributed by atoms with E-state index in [1.165, 1.54) is 0 Å². The minimum Gasteiger partial charge on any atom is -0.452 e. The molecular formula is C28H26N6O2. The fourth-order valence-corrected chi connectivity index (χ4v) is 5.63. The first kappa shape index (κ1) is 21.3. The summed E-state index contributed by atoms with van der Waals surface area (Å²) in [5.74, 6) is 1.11. The van der Waals surface area contributed by atoms with Crippen molar-refractivity contribution in [1.29, 1.82) is 0 Å². The third-order valence-corrected chi connectivity index (χ3v) is 7.90. The number of aromatic nitrogens is 4. The average molecular weight is 479 g/mol. The molecular weight excluding hydrogens is 452 g/mol. The van der Waals surface area contributed by atoms with Crippen LogP contribution in [0, 0.1) is 0 Å². The maximum Gasteiger partial charge on any atom is 0.177 e. The Labute approximate surface area is 207 Å². The molecule has 1 aromatic carbocycles. The average Bonchev–Trinajstić information content (AvgIpc) is 3.34. The Morgan fingerprint density at radius 3 is 2.72 bits per heavy atom. The number of nitrogen functional groups attached to an aromatic ring is 1. The minimum atomic E-state index is -0.179. The van der Waals surface area contributed by atoms with Crippen LogP contribution in [0.2, 0.25) is 0 Å². The van der Waals surface area contributed by atoms with Crippen LogP contribution in [0.1, 0.15) is 31.7 Å². The molecule has 180 valence electrons. The molecule has 0 spiro atoms. The van der Waals surface area contributed by atoms with Gasteiger partial charge in [-0.1, -0.05) is 18.2 Å². The van der Waals surface area contributed by atoms with Crippen molar-refractivity contribution < 1.29 is 9.21 Å². The van der Waals surface area contributed by atoms with Gasteiger partial charge in [0.1, 0.15) is 12.0 Å². The quantitative estimate of drug-likeness (QED) is 0.360. The number of aldehydes is 1. The summed E-state index contributed by atoms with van der Waals surface area (Å²) in [7, 11) is 0. The molecule has 36 heavy (non-hydrogen) atoms. The van der Waals surface area contributed by atoms with Gasteiger partial charge in [0.2, 0.25) is 0 Å². The van der Waals surface area contributed by atoms with Gasteiger partial charge in [-0.2, -0.15) is 5.10 Å². The van der Waals surface area contributed by atoms with E-state index >= 15 is 0 Å². The molecule has 0 unspecified atom stereocenters. The van der Waals surface area contributed by atoms with Crippen LogP contribution in [0.25, 0.3) is 44.2 Å². The lowest BCUT2D eigenvalue weighted by molar-refractivity contribution is -0.114. The molecule has 2 fully saturated rings. The van der Waals surface area contributed by atoms with Crippen LogP contribution in [0.15, 0.2) is 65.7 Å². The van der Waals surface area contributed by atoms with Crippen molar-refractivity contribution in [2.75, 3.05) is 18.8 Å². The summed E-state index contributed by atoms with van der Waals surface area (Å²) < 4.78 is 8.33. The van der Waals surface area contributed by atoms with Crippen molar-refractivity contribution >= 4 is 33.8 Å². The van der Waals surface area contributed by atoms with E-state index in [2.05, 4.69) is 25.7 Å². The Morgan fingerprint density at radius 1 is 1.06 bits per heavy atom. The zero-order valence-electron chi connectivity index (χ0n) is 19.8. The summed E-state index contributed by atoms with van der Waals surface area (Å²) >= 11 is 0. The molecule has 2 aliphatic rings. The lowest BCUT2D eigenvalue weighted by atomic mass is 10.0. The zero-order valence-corrected chi connectivity index (χ0v) is 19.8. The van der Waals surface area contributed by atoms with Crippen molar-refractivity contribution in [2.45, 2.75) is 37.3 Å². The topological polar surface area (TPSA) is 103 Å². The molecule has 1 saturated heterocycles. The SMILES string of the molecule is Nc1ncc(-c2cnn(C3CCN(C4(C=O)CC4)CC3)c2)c2cc(-c3cccc4cnccc34)oc12. The van der Waals surface area contributed by atoms with E-state index in [4.69, 9.17) is 15.2 Å². The number of piperidine rings is 1. The van der Waals surface area contributed by atoms with E-state index in [-0.39, 0.29) is 5.54 Å². The predicted octanol–water partition coefficient (Wildman–Crippen LogP) is 4.86. The number of rotatable bonds is 5. The lowest BCUT2D eigenvalue weighted by Crippen LogP contribution is -2.44. The molecule has 2 N–H and O–H groups in total. The van der Waals surface area contributed by atoms with Gasteiger partial charge in [-0.3, -0.25) is 14.6 Å². The van der Waals surface area contributed by atoms with E-state index in [0.717, 1.165) is 83.7 Å². The number of pyridine rings is 2. The van der Waals surface area contributed by atoms with Crippen LogP contribution in [-0.2, 0) is 4.79 Å². The molecule has 5 heterocycles. The predicted molar refractivity (Wildman–Crippen MR) is 138 cm³/mol. The Balaban J connectivity index is 1.22. The molecule has 4 aromatic heterocycles. The molecule has 0 radical (unpaired) electrons. The summed E-state index contributed by atoms with van der Waals surface area (Å²) in [5.41, 5.74) is 9.54. The fourth-order valence-electron chi connectivity index (χ4n) is 5.63. The molecule has 0 amide bonds. The summed E-state index contributed by atoms with van der Waals surface area (Å²) in [6.45, 7) is 1.86. The monoisotopic (exact) mass is 478 g/mol. The highest BCUT2D eigenvalue weighted by Gasteiger charge is 2.48. The van der Waals surface area contributed by atoms with Crippen LogP contribution < -0.4 is 5.73 Å². The highest BCUT2D eigenvalue weighted by molar-refractivity contribution is 6.03. The number of likely N-dealkylation sites (tertiary alicyclic amines) is 1. The largest absolute Gasteiger partial charge is 0.452 e. The second kappa shape index (κ2) is 7.99. The molecule has 5 aromatic rings. The lowest BCUT2D eigenvalue weighted by Gasteiger charge is -2.35. The van der Waals surface area contributed by atoms with Crippen molar-refractivity contribution in [3.8, 4) is 22.5 Å². The number of carbonyl (C=O) groups excluding carboxylic acids is 1. The number of hydrogen-bond donors (Lipinski definition) is 1. The standard InChI is InChI=1S/C28H26N6O2/c29-27-26-23(12-25(36-26)22-3-1-2-18-13-30-9-4-21(18)22)24(15-31-27)19-14-32-34(16-19)20-5-10-33(11-6-20)28(17-35)7-8-28/h1-4,9,12-17,20H,5-8,10-11H2,(H2,29,31). The maximum absolute atomic E-state index is 11.5. The Hall–Kier alpha value is -4.04. The molecule has 8 nitrogen and oxygen atoms in total. The van der Waals surface area contributed by atoms with Gasteiger partial charge in [0.25, 0.3) is 0 Å². The smallest absolute Gasteiger partial charge is 0.177 e. The Morgan fingerprint density at radius 2 is 1.92 bits per heavy atom. The number of furan rings is 1. The van der Waals surface area contributed by atoms with Crippen molar-refractivity contribution in [3.63, 3.8) is 0 Å². The number of nitrogens with two attached hydrogens (primary N) is 1. The number of carbonyl (C=O) groups is 1. The summed E-state index contributed by atoms with van der Waals surface area (Å²) in [5, 5.41) is 7.74. The molecule has 8 heteroatoms. The Kier molecular flexibility index (Phi) is 4.72. The van der Waals surface area contributed by atoms with Gasteiger partial charge in [-0.15, -0.1) is 0 Å². The van der Waals surface area contributed by atoms with E-state index in [9.17, 15) is 4.79 Å². The number of anilines is 1. The van der Waals surface area contributed by atoms with Gasteiger partial charge in [0, 0.05) is 65.3 Å². The first-order valence-electron chi connectivity index (χ1n) is 12.4. The van der Waals surface area contributed by atoms with E-state index in [0.29, 0.717) is 17.4 Å². The number of fused-ring (bicyclic) bond motifs is 2. The van der Waals surface area contributed by atoms with Gasteiger partial charge in [0.15, 0.2) is 11.4 Å². The van der Waals surface area contributed by atoms with Crippen molar-refractivity contribution in [1.82, 2.24) is 24.6 Å². The highest BCUT2D eigenvalue weighted by Crippen LogP contribution is 2.43. The molecule has 7 rings (SSSR count). The van der Waals surface area contributed by atoms with Gasteiger partial charge in [-0.25, -0.2) is 4.98 Å². The normalized spacial score (nSPS) is 18.1. The minimum absolute atomic E-state index is 0.179. The van der Waals surface area contributed by atoms with Crippen LogP contribution in [0.3, 0.4) is 0 Å². The van der Waals surface area contributed by atoms with Crippen molar-refractivity contribution in [2.24, 2.45) is 0 Å². The Bertz CT molecular complexity index is 1600. The zero-order chi connectivity index (χ0) is 24.3. The number of nitrogens with zero attached hydrogens (tertiary/aromatic N) is 5. The first-order chi connectivity index (χ1) is 17.6. The molecule has 1 aliphatic carbocycles.